The summed E-state index contributed by atoms with van der Waals surface area (Å²) in [4.78, 5) is 20.9. The van der Waals surface area contributed by atoms with E-state index in [1.54, 1.807) is 24.3 Å². The van der Waals surface area contributed by atoms with Gasteiger partial charge in [0.05, 0.1) is 0 Å². The molecule has 0 unspecified atom stereocenters. The molecule has 0 radical (unpaired) electrons. The van der Waals surface area contributed by atoms with Crippen LogP contribution in [0, 0.1) is 0 Å². The summed E-state index contributed by atoms with van der Waals surface area (Å²) in [6, 6.07) is 8.80. The van der Waals surface area contributed by atoms with Crippen LogP contribution < -0.4 is 0 Å². The van der Waals surface area contributed by atoms with Crippen LogP contribution in [0.1, 0.15) is 5.56 Å². The van der Waals surface area contributed by atoms with Gasteiger partial charge in [0.15, 0.2) is 0 Å². The van der Waals surface area contributed by atoms with Crippen molar-refractivity contribution in [1.82, 2.24) is 0 Å². The van der Waals surface area contributed by atoms with E-state index in [9.17, 15) is 9.59 Å². The number of carboxylic acid groups (broad SMARTS) is 1. The monoisotopic (exact) mass is 172 g/mol. The fraction of sp³-hybridized carbons (Fsp3) is 0.111. The minimum atomic E-state index is -1.38. The predicted molar refractivity (Wildman–Crippen MR) is 49.9 cm³/mol. The Balaban J connectivity index is 0.00000144. The second kappa shape index (κ2) is 5.58. The van der Waals surface area contributed by atoms with E-state index < -0.39 is 11.8 Å². The summed E-state index contributed by atoms with van der Waals surface area (Å²) in [5, 5.41) is 8.29. The van der Waals surface area contributed by atoms with E-state index in [2.05, 4.69) is 0 Å². The third-order valence-electron chi connectivity index (χ3n) is 1.45. The van der Waals surface area contributed by atoms with Crippen molar-refractivity contribution in [2.45, 2.75) is 6.42 Å². The van der Waals surface area contributed by atoms with Crippen LogP contribution in [-0.2, 0) is 16.0 Å². The molecule has 3 nitrogen and oxygen atoms in total. The number of carbonyl (C=O) groups excluding carboxylic acids is 1. The number of benzene rings is 1. The number of carboxylic acids is 1. The maximum absolute atomic E-state index is 10.7. The molecule has 0 saturated heterocycles. The zero-order chi connectivity index (χ0) is 8.97. The molecule has 0 fully saturated rings. The topological polar surface area (TPSA) is 54.4 Å². The first-order valence-electron chi connectivity index (χ1n) is 3.50. The van der Waals surface area contributed by atoms with Crippen LogP contribution in [-0.4, -0.2) is 35.7 Å². The summed E-state index contributed by atoms with van der Waals surface area (Å²) in [5.74, 6) is -2.15. The van der Waals surface area contributed by atoms with Crippen molar-refractivity contribution in [3.8, 4) is 0 Å². The zero-order valence-electron chi connectivity index (χ0n) is 6.36. The van der Waals surface area contributed by atoms with E-state index in [0.29, 0.717) is 0 Å². The first-order chi connectivity index (χ1) is 5.70. The molecule has 64 valence electrons. The fourth-order valence-electron chi connectivity index (χ4n) is 0.857. The first-order valence-corrected chi connectivity index (χ1v) is 3.50. The Hall–Kier alpha value is -1.04. The van der Waals surface area contributed by atoms with Crippen LogP contribution in [0.15, 0.2) is 30.3 Å². The fourth-order valence-corrected chi connectivity index (χ4v) is 0.857. The Morgan fingerprint density at radius 3 is 2.15 bits per heavy atom. The molecule has 1 N–H and O–H groups in total. The molecule has 0 spiro atoms. The van der Waals surface area contributed by atoms with Crippen molar-refractivity contribution in [2.75, 3.05) is 0 Å². The second-order valence-electron chi connectivity index (χ2n) is 2.39. The molecule has 0 atom stereocenters. The Labute approximate surface area is 87.9 Å². The van der Waals surface area contributed by atoms with Gasteiger partial charge in [-0.15, -0.1) is 0 Å². The average molecular weight is 172 g/mol. The number of ketones is 1. The SMILES string of the molecule is O=C(O)C(=O)Cc1ccccc1.[LiH]. The molecule has 13 heavy (non-hydrogen) atoms. The van der Waals surface area contributed by atoms with E-state index in [0.717, 1.165) is 5.56 Å². The Morgan fingerprint density at radius 1 is 1.15 bits per heavy atom. The van der Waals surface area contributed by atoms with E-state index in [1.807, 2.05) is 6.07 Å². The summed E-state index contributed by atoms with van der Waals surface area (Å²) >= 11 is 0. The number of rotatable bonds is 3. The van der Waals surface area contributed by atoms with Gasteiger partial charge in [-0.05, 0) is 5.56 Å². The van der Waals surface area contributed by atoms with Gasteiger partial charge in [-0.2, -0.15) is 0 Å². The average Bonchev–Trinajstić information content (AvgIpc) is 2.06. The molecule has 1 aromatic rings. The molecule has 0 amide bonds. The molecule has 0 aliphatic carbocycles. The van der Waals surface area contributed by atoms with Gasteiger partial charge in [0.1, 0.15) is 0 Å². The molecule has 4 heteroatoms. The molecule has 0 aromatic heterocycles. The minimum absolute atomic E-state index is 0. The number of carbonyl (C=O) groups is 2. The first kappa shape index (κ1) is 12.0. The van der Waals surface area contributed by atoms with Gasteiger partial charge in [0, 0.05) is 6.42 Å². The summed E-state index contributed by atoms with van der Waals surface area (Å²) < 4.78 is 0. The molecule has 1 aromatic carbocycles. The van der Waals surface area contributed by atoms with Crippen LogP contribution in [0.2, 0.25) is 0 Å². The van der Waals surface area contributed by atoms with Crippen molar-refractivity contribution in [3.05, 3.63) is 35.9 Å². The van der Waals surface area contributed by atoms with Crippen LogP contribution in [0.25, 0.3) is 0 Å². The third kappa shape index (κ3) is 3.93. The van der Waals surface area contributed by atoms with Gasteiger partial charge in [-0.1, -0.05) is 30.3 Å². The van der Waals surface area contributed by atoms with Crippen molar-refractivity contribution >= 4 is 30.6 Å². The van der Waals surface area contributed by atoms with Gasteiger partial charge in [0.25, 0.3) is 0 Å². The Morgan fingerprint density at radius 2 is 1.69 bits per heavy atom. The van der Waals surface area contributed by atoms with E-state index >= 15 is 0 Å². The van der Waals surface area contributed by atoms with Crippen molar-refractivity contribution in [3.63, 3.8) is 0 Å². The summed E-state index contributed by atoms with van der Waals surface area (Å²) in [6.07, 6.45) is -0.0316. The van der Waals surface area contributed by atoms with E-state index in [-0.39, 0.29) is 25.3 Å². The van der Waals surface area contributed by atoms with E-state index in [4.69, 9.17) is 5.11 Å². The normalized spacial score (nSPS) is 8.62. The Bertz CT molecular complexity index is 295. The van der Waals surface area contributed by atoms with Crippen LogP contribution >= 0.6 is 0 Å². The van der Waals surface area contributed by atoms with Crippen molar-refractivity contribution in [2.24, 2.45) is 0 Å². The summed E-state index contributed by atoms with van der Waals surface area (Å²) in [7, 11) is 0. The van der Waals surface area contributed by atoms with Gasteiger partial charge >= 0.3 is 24.8 Å². The number of Topliss-reactive ketones (excluding diaryl/α,β-unsaturated/α-hetero) is 1. The Kier molecular flexibility index (Phi) is 5.13. The summed E-state index contributed by atoms with van der Waals surface area (Å²) in [5.41, 5.74) is 0.727. The van der Waals surface area contributed by atoms with Gasteiger partial charge in [-0.25, -0.2) is 4.79 Å². The van der Waals surface area contributed by atoms with Gasteiger partial charge in [0.2, 0.25) is 5.78 Å². The third-order valence-corrected chi connectivity index (χ3v) is 1.45. The van der Waals surface area contributed by atoms with E-state index in [1.165, 1.54) is 0 Å². The van der Waals surface area contributed by atoms with Crippen molar-refractivity contribution < 1.29 is 14.7 Å². The molecule has 0 bridgehead atoms. The molecular formula is C9H9LiO3. The number of aliphatic carboxylic acids is 1. The van der Waals surface area contributed by atoms with Gasteiger partial charge < -0.3 is 5.11 Å². The number of hydrogen-bond donors (Lipinski definition) is 1. The van der Waals surface area contributed by atoms with Gasteiger partial charge in [-0.3, -0.25) is 4.79 Å². The quantitative estimate of drug-likeness (QED) is 0.524. The molecule has 0 aliphatic heterocycles. The standard InChI is InChI=1S/C9H8O3.Li.H/c10-8(9(11)12)6-7-4-2-1-3-5-7;;/h1-5H,6H2,(H,11,12);;. The second-order valence-corrected chi connectivity index (χ2v) is 2.39. The van der Waals surface area contributed by atoms with Crippen LogP contribution in [0.5, 0.6) is 0 Å². The predicted octanol–water partition coefficient (Wildman–Crippen LogP) is 0.234. The van der Waals surface area contributed by atoms with Crippen LogP contribution in [0.4, 0.5) is 0 Å². The summed E-state index contributed by atoms with van der Waals surface area (Å²) in [6.45, 7) is 0. The molecular weight excluding hydrogens is 163 g/mol. The van der Waals surface area contributed by atoms with Crippen LogP contribution in [0.3, 0.4) is 0 Å². The van der Waals surface area contributed by atoms with Crippen molar-refractivity contribution in [1.29, 1.82) is 0 Å². The molecule has 0 saturated carbocycles. The molecule has 0 aliphatic rings. The maximum atomic E-state index is 10.7. The zero-order valence-corrected chi connectivity index (χ0v) is 6.36. The number of hydrogen-bond acceptors (Lipinski definition) is 2. The molecule has 1 rings (SSSR count). The molecule has 0 heterocycles.